The van der Waals surface area contributed by atoms with Gasteiger partial charge in [0.2, 0.25) is 15.9 Å². The van der Waals surface area contributed by atoms with Gasteiger partial charge in [-0.2, -0.15) is 9.41 Å². The maximum Gasteiger partial charge on any atom is 0.262 e. The minimum absolute atomic E-state index is 0.0189. The van der Waals surface area contributed by atoms with E-state index in [9.17, 15) is 22.8 Å². The lowest BCUT2D eigenvalue weighted by Gasteiger charge is -2.21. The number of para-hydroxylation sites is 1. The predicted octanol–water partition coefficient (Wildman–Crippen LogP) is 4.70. The SMILES string of the molecule is CC(=O)Nc1ccc(S(=O)(=O)N(CCc2ccccc2)CC(=O)N/N=C\c2ccc(OCC(=O)Nc3ccccc3Cl)cc2)cc1. The molecule has 0 spiro atoms. The predicted molar refractivity (Wildman–Crippen MR) is 177 cm³/mol. The van der Waals surface area contributed by atoms with Crippen LogP contribution in [-0.2, 0) is 30.8 Å². The Labute approximate surface area is 272 Å². The summed E-state index contributed by atoms with van der Waals surface area (Å²) in [6, 6.07) is 28.6. The number of hydrogen-bond acceptors (Lipinski definition) is 7. The monoisotopic (exact) mass is 661 g/mol. The van der Waals surface area contributed by atoms with Crippen LogP contribution in [0.1, 0.15) is 18.1 Å². The van der Waals surface area contributed by atoms with Gasteiger partial charge in [0.05, 0.1) is 28.4 Å². The second kappa shape index (κ2) is 16.3. The van der Waals surface area contributed by atoms with Gasteiger partial charge in [-0.15, -0.1) is 0 Å². The molecular weight excluding hydrogens is 630 g/mol. The molecule has 4 aromatic rings. The normalized spacial score (nSPS) is 11.3. The van der Waals surface area contributed by atoms with Crippen LogP contribution in [0.2, 0.25) is 5.02 Å². The highest BCUT2D eigenvalue weighted by Crippen LogP contribution is 2.21. The van der Waals surface area contributed by atoms with E-state index in [4.69, 9.17) is 16.3 Å². The van der Waals surface area contributed by atoms with E-state index < -0.39 is 22.5 Å². The van der Waals surface area contributed by atoms with Crippen molar-refractivity contribution in [3.05, 3.63) is 119 Å². The number of carbonyl (C=O) groups excluding carboxylic acids is 3. The number of hydrogen-bond donors (Lipinski definition) is 3. The van der Waals surface area contributed by atoms with Gasteiger partial charge >= 0.3 is 0 Å². The van der Waals surface area contributed by atoms with Gasteiger partial charge in [0, 0.05) is 19.2 Å². The molecule has 0 saturated heterocycles. The molecule has 4 aromatic carbocycles. The molecule has 0 radical (unpaired) electrons. The van der Waals surface area contributed by atoms with E-state index in [1.165, 1.54) is 37.4 Å². The third-order valence-corrected chi connectivity index (χ3v) is 8.61. The first kappa shape index (κ1) is 33.8. The fourth-order valence-corrected chi connectivity index (χ4v) is 5.75. The molecule has 13 heteroatoms. The van der Waals surface area contributed by atoms with Crippen molar-refractivity contribution < 1.29 is 27.5 Å². The van der Waals surface area contributed by atoms with Gasteiger partial charge < -0.3 is 15.4 Å². The summed E-state index contributed by atoms with van der Waals surface area (Å²) in [7, 11) is -4.07. The Bertz CT molecular complexity index is 1780. The Kier molecular flexibility index (Phi) is 12.0. The van der Waals surface area contributed by atoms with Gasteiger partial charge in [0.25, 0.3) is 11.8 Å². The summed E-state index contributed by atoms with van der Waals surface area (Å²) in [5.74, 6) is -0.841. The van der Waals surface area contributed by atoms with Crippen LogP contribution in [0.4, 0.5) is 11.4 Å². The second-order valence-corrected chi connectivity index (χ2v) is 12.3. The van der Waals surface area contributed by atoms with Crippen molar-refractivity contribution in [3.8, 4) is 5.75 Å². The molecule has 46 heavy (non-hydrogen) atoms. The average Bonchev–Trinajstić information content (AvgIpc) is 3.04. The topological polar surface area (TPSA) is 146 Å². The minimum Gasteiger partial charge on any atom is -0.484 e. The average molecular weight is 662 g/mol. The molecule has 0 bridgehead atoms. The van der Waals surface area contributed by atoms with Gasteiger partial charge in [-0.1, -0.05) is 54.1 Å². The number of benzene rings is 4. The highest BCUT2D eigenvalue weighted by molar-refractivity contribution is 7.89. The highest BCUT2D eigenvalue weighted by Gasteiger charge is 2.26. The first-order valence-corrected chi connectivity index (χ1v) is 15.9. The number of anilines is 2. The Morgan fingerprint density at radius 1 is 0.848 bits per heavy atom. The summed E-state index contributed by atoms with van der Waals surface area (Å²) in [5.41, 5.74) is 4.86. The molecule has 0 unspecified atom stereocenters. The van der Waals surface area contributed by atoms with Crippen molar-refractivity contribution >= 4 is 56.9 Å². The summed E-state index contributed by atoms with van der Waals surface area (Å²) < 4.78 is 33.7. The van der Waals surface area contributed by atoms with Gasteiger partial charge in [-0.3, -0.25) is 14.4 Å². The summed E-state index contributed by atoms with van der Waals surface area (Å²) in [4.78, 5) is 36.3. The zero-order valence-electron chi connectivity index (χ0n) is 24.9. The van der Waals surface area contributed by atoms with Crippen molar-refractivity contribution in [2.75, 3.05) is 30.3 Å². The first-order valence-electron chi connectivity index (χ1n) is 14.1. The van der Waals surface area contributed by atoms with Crippen molar-refractivity contribution in [3.63, 3.8) is 0 Å². The van der Waals surface area contributed by atoms with E-state index in [-0.39, 0.29) is 29.9 Å². The van der Waals surface area contributed by atoms with Gasteiger partial charge in [0.1, 0.15) is 5.75 Å². The number of carbonyl (C=O) groups is 3. The summed E-state index contributed by atoms with van der Waals surface area (Å²) in [6.45, 7) is 0.712. The van der Waals surface area contributed by atoms with E-state index in [0.29, 0.717) is 34.1 Å². The first-order chi connectivity index (χ1) is 22.1. The van der Waals surface area contributed by atoms with E-state index >= 15 is 0 Å². The standard InChI is InChI=1S/C33H32ClN5O6S/c1-24(40)36-27-13-17-29(18-14-27)46(43,44)39(20-19-25-7-3-2-4-8-25)22-32(41)38-35-21-26-11-15-28(16-12-26)45-23-33(42)37-31-10-6-5-9-30(31)34/h2-18,21H,19-20,22-23H2,1H3,(H,36,40)(H,37,42)(H,38,41)/b35-21-. The van der Waals surface area contributed by atoms with E-state index in [1.807, 2.05) is 30.3 Å². The molecule has 11 nitrogen and oxygen atoms in total. The largest absolute Gasteiger partial charge is 0.484 e. The number of ether oxygens (including phenoxy) is 1. The lowest BCUT2D eigenvalue weighted by atomic mass is 10.1. The van der Waals surface area contributed by atoms with Crippen LogP contribution in [0, 0.1) is 0 Å². The van der Waals surface area contributed by atoms with E-state index in [0.717, 1.165) is 9.87 Å². The lowest BCUT2D eigenvalue weighted by Crippen LogP contribution is -2.40. The fourth-order valence-electron chi connectivity index (χ4n) is 4.17. The number of amides is 3. The number of hydrazone groups is 1. The molecule has 0 saturated carbocycles. The Morgan fingerprint density at radius 2 is 1.52 bits per heavy atom. The van der Waals surface area contributed by atoms with E-state index in [1.54, 1.807) is 48.5 Å². The quantitative estimate of drug-likeness (QED) is 0.132. The molecule has 0 atom stereocenters. The zero-order chi connectivity index (χ0) is 32.9. The van der Waals surface area contributed by atoms with Crippen LogP contribution in [0.25, 0.3) is 0 Å². The maximum atomic E-state index is 13.5. The number of rotatable bonds is 14. The Morgan fingerprint density at radius 3 is 2.20 bits per heavy atom. The Balaban J connectivity index is 1.34. The summed E-state index contributed by atoms with van der Waals surface area (Å²) >= 11 is 6.05. The Hall–Kier alpha value is -5.04. The van der Waals surface area contributed by atoms with Crippen molar-refractivity contribution in [1.29, 1.82) is 0 Å². The summed E-state index contributed by atoms with van der Waals surface area (Å²) in [6.07, 6.45) is 1.78. The van der Waals surface area contributed by atoms with Crippen molar-refractivity contribution in [2.24, 2.45) is 5.10 Å². The smallest absolute Gasteiger partial charge is 0.262 e. The van der Waals surface area contributed by atoms with Gasteiger partial charge in [-0.25, -0.2) is 13.8 Å². The molecule has 0 fully saturated rings. The van der Waals surface area contributed by atoms with E-state index in [2.05, 4.69) is 21.2 Å². The zero-order valence-corrected chi connectivity index (χ0v) is 26.4. The molecule has 238 valence electrons. The molecule has 0 aliphatic carbocycles. The number of sulfonamides is 1. The number of halogens is 1. The van der Waals surface area contributed by atoms with Crippen molar-refractivity contribution in [1.82, 2.24) is 9.73 Å². The molecule has 3 amide bonds. The van der Waals surface area contributed by atoms with Crippen LogP contribution in [0.5, 0.6) is 5.75 Å². The third kappa shape index (κ3) is 10.3. The minimum atomic E-state index is -4.07. The second-order valence-electron chi connectivity index (χ2n) is 9.96. The highest BCUT2D eigenvalue weighted by atomic mass is 35.5. The van der Waals surface area contributed by atoms with Crippen molar-refractivity contribution in [2.45, 2.75) is 18.2 Å². The van der Waals surface area contributed by atoms with Gasteiger partial charge in [-0.05, 0) is 78.2 Å². The molecule has 0 aliphatic rings. The van der Waals surface area contributed by atoms with Crippen LogP contribution in [0.3, 0.4) is 0 Å². The molecule has 4 rings (SSSR count). The number of nitrogens with zero attached hydrogens (tertiary/aromatic N) is 2. The molecular formula is C33H32ClN5O6S. The third-order valence-electron chi connectivity index (χ3n) is 6.43. The van der Waals surface area contributed by atoms with Crippen LogP contribution >= 0.6 is 11.6 Å². The van der Waals surface area contributed by atoms with Crippen LogP contribution in [0.15, 0.2) is 113 Å². The molecule has 0 aliphatic heterocycles. The van der Waals surface area contributed by atoms with Crippen LogP contribution < -0.4 is 20.8 Å². The summed E-state index contributed by atoms with van der Waals surface area (Å²) in [5, 5.41) is 9.65. The molecule has 0 aromatic heterocycles. The number of nitrogens with one attached hydrogen (secondary N) is 3. The fraction of sp³-hybridized carbons (Fsp3) is 0.152. The maximum absolute atomic E-state index is 13.5. The molecule has 3 N–H and O–H groups in total. The van der Waals surface area contributed by atoms with Gasteiger partial charge in [0.15, 0.2) is 6.61 Å². The lowest BCUT2D eigenvalue weighted by molar-refractivity contribution is -0.121. The molecule has 0 heterocycles. The van der Waals surface area contributed by atoms with Crippen LogP contribution in [-0.4, -0.2) is 56.4 Å².